The molecule has 0 spiro atoms. The molecule has 0 amide bonds. The molecular formula is C15H26N4O5S2. The van der Waals surface area contributed by atoms with E-state index in [2.05, 4.69) is 5.10 Å². The van der Waals surface area contributed by atoms with Crippen LogP contribution in [0.4, 0.5) is 0 Å². The van der Waals surface area contributed by atoms with Crippen LogP contribution in [0.2, 0.25) is 0 Å². The number of rotatable bonds is 5. The van der Waals surface area contributed by atoms with Crippen molar-refractivity contribution >= 4 is 20.0 Å². The first-order valence-electron chi connectivity index (χ1n) is 8.84. The van der Waals surface area contributed by atoms with E-state index in [1.165, 1.54) is 21.0 Å². The van der Waals surface area contributed by atoms with E-state index in [9.17, 15) is 16.8 Å². The minimum absolute atomic E-state index is 0.0190. The van der Waals surface area contributed by atoms with Crippen LogP contribution < -0.4 is 0 Å². The molecule has 3 rings (SSSR count). The number of piperidine rings is 1. The van der Waals surface area contributed by atoms with Crippen molar-refractivity contribution in [2.45, 2.75) is 42.9 Å². The normalized spacial score (nSPS) is 24.2. The summed E-state index contributed by atoms with van der Waals surface area (Å²) < 4.78 is 61.1. The van der Waals surface area contributed by atoms with Crippen molar-refractivity contribution in [1.82, 2.24) is 18.4 Å². The standard InChI is InChI=1S/C15H26N4O5S2/c1-13(2)19-12-15(10-16-19)26(22,23)18-5-3-4-14(11-18)25(20,21)17-6-8-24-9-7-17/h10,12-14H,3-9,11H2,1-2H3/t14-/m1/s1. The topological polar surface area (TPSA) is 102 Å². The van der Waals surface area contributed by atoms with E-state index in [-0.39, 0.29) is 17.5 Å². The highest BCUT2D eigenvalue weighted by atomic mass is 32.2. The lowest BCUT2D eigenvalue weighted by molar-refractivity contribution is 0.0722. The van der Waals surface area contributed by atoms with Crippen LogP contribution in [0.15, 0.2) is 17.3 Å². The number of ether oxygens (including phenoxy) is 1. The van der Waals surface area contributed by atoms with Gasteiger partial charge in [-0.2, -0.15) is 13.7 Å². The molecule has 0 unspecified atom stereocenters. The zero-order valence-corrected chi connectivity index (χ0v) is 16.7. The Morgan fingerprint density at radius 2 is 1.81 bits per heavy atom. The molecule has 9 nitrogen and oxygen atoms in total. The van der Waals surface area contributed by atoms with Gasteiger partial charge < -0.3 is 4.74 Å². The van der Waals surface area contributed by atoms with Gasteiger partial charge in [-0.15, -0.1) is 0 Å². The average molecular weight is 407 g/mol. The van der Waals surface area contributed by atoms with E-state index >= 15 is 0 Å². The molecule has 1 atom stereocenters. The van der Waals surface area contributed by atoms with Gasteiger partial charge in [-0.1, -0.05) is 0 Å². The van der Waals surface area contributed by atoms with E-state index < -0.39 is 25.3 Å². The lowest BCUT2D eigenvalue weighted by atomic mass is 10.2. The Bertz CT molecular complexity index is 828. The second-order valence-electron chi connectivity index (χ2n) is 6.93. The molecule has 26 heavy (non-hydrogen) atoms. The largest absolute Gasteiger partial charge is 0.379 e. The summed E-state index contributed by atoms with van der Waals surface area (Å²) in [4.78, 5) is 0.107. The number of aromatic nitrogens is 2. The highest BCUT2D eigenvalue weighted by Gasteiger charge is 2.39. The van der Waals surface area contributed by atoms with Gasteiger partial charge in [0.05, 0.1) is 24.7 Å². The van der Waals surface area contributed by atoms with E-state index in [1.54, 1.807) is 4.68 Å². The monoisotopic (exact) mass is 406 g/mol. The van der Waals surface area contributed by atoms with E-state index in [0.717, 1.165) is 0 Å². The molecule has 0 aliphatic carbocycles. The fourth-order valence-corrected chi connectivity index (χ4v) is 6.74. The van der Waals surface area contributed by atoms with E-state index in [0.29, 0.717) is 45.7 Å². The Balaban J connectivity index is 1.78. The maximum atomic E-state index is 12.9. The number of hydrogen-bond donors (Lipinski definition) is 0. The van der Waals surface area contributed by atoms with Gasteiger partial charge >= 0.3 is 0 Å². The Morgan fingerprint density at radius 3 is 2.42 bits per heavy atom. The third kappa shape index (κ3) is 3.81. The van der Waals surface area contributed by atoms with Gasteiger partial charge in [-0.3, -0.25) is 4.68 Å². The predicted octanol–water partition coefficient (Wildman–Crippen LogP) is 0.279. The summed E-state index contributed by atoms with van der Waals surface area (Å²) in [5, 5.41) is 3.37. The second-order valence-corrected chi connectivity index (χ2v) is 11.1. The fraction of sp³-hybridized carbons (Fsp3) is 0.800. The summed E-state index contributed by atoms with van der Waals surface area (Å²) in [5.41, 5.74) is 0. The van der Waals surface area contributed by atoms with Crippen molar-refractivity contribution in [3.05, 3.63) is 12.4 Å². The third-order valence-corrected chi connectivity index (χ3v) is 8.97. The summed E-state index contributed by atoms with van der Waals surface area (Å²) in [5.74, 6) is 0. The van der Waals surface area contributed by atoms with Crippen LogP contribution in [0.25, 0.3) is 0 Å². The van der Waals surface area contributed by atoms with Gasteiger partial charge in [0.2, 0.25) is 20.0 Å². The molecule has 0 aromatic carbocycles. The molecule has 1 aromatic rings. The Labute approximate surface area is 155 Å². The molecule has 0 bridgehead atoms. The maximum absolute atomic E-state index is 12.9. The van der Waals surface area contributed by atoms with Crippen LogP contribution in [0, 0.1) is 0 Å². The van der Waals surface area contributed by atoms with Gasteiger partial charge in [-0.05, 0) is 26.7 Å². The van der Waals surface area contributed by atoms with Gasteiger partial charge in [0.1, 0.15) is 4.90 Å². The van der Waals surface area contributed by atoms with Crippen LogP contribution in [0.3, 0.4) is 0 Å². The van der Waals surface area contributed by atoms with Gasteiger partial charge in [-0.25, -0.2) is 16.8 Å². The lowest BCUT2D eigenvalue weighted by Gasteiger charge is -2.35. The van der Waals surface area contributed by atoms with Crippen LogP contribution >= 0.6 is 0 Å². The average Bonchev–Trinajstić information content (AvgIpc) is 3.14. The predicted molar refractivity (Wildman–Crippen MR) is 95.7 cm³/mol. The zero-order chi connectivity index (χ0) is 18.9. The summed E-state index contributed by atoms with van der Waals surface area (Å²) in [6, 6.07) is 0.0507. The number of hydrogen-bond acceptors (Lipinski definition) is 6. The van der Waals surface area contributed by atoms with Gasteiger partial charge in [0.25, 0.3) is 0 Å². The van der Waals surface area contributed by atoms with Crippen molar-refractivity contribution in [3.8, 4) is 0 Å². The van der Waals surface area contributed by atoms with Crippen LogP contribution in [-0.4, -0.2) is 79.9 Å². The first-order chi connectivity index (χ1) is 12.2. The minimum atomic E-state index is -3.76. The minimum Gasteiger partial charge on any atom is -0.379 e. The highest BCUT2D eigenvalue weighted by Crippen LogP contribution is 2.26. The molecule has 148 valence electrons. The van der Waals surface area contributed by atoms with Crippen LogP contribution in [-0.2, 0) is 24.8 Å². The maximum Gasteiger partial charge on any atom is 0.246 e. The molecule has 0 saturated carbocycles. The fourth-order valence-electron chi connectivity index (χ4n) is 3.26. The van der Waals surface area contributed by atoms with Crippen molar-refractivity contribution in [2.75, 3.05) is 39.4 Å². The Kier molecular flexibility index (Phi) is 5.73. The smallest absolute Gasteiger partial charge is 0.246 e. The number of nitrogens with zero attached hydrogens (tertiary/aromatic N) is 4. The van der Waals surface area contributed by atoms with Crippen LogP contribution in [0.5, 0.6) is 0 Å². The van der Waals surface area contributed by atoms with Crippen molar-refractivity contribution < 1.29 is 21.6 Å². The summed E-state index contributed by atoms with van der Waals surface area (Å²) in [6.45, 7) is 5.54. The molecule has 0 radical (unpaired) electrons. The first kappa shape index (κ1) is 19.7. The zero-order valence-electron chi connectivity index (χ0n) is 15.1. The molecule has 1 aromatic heterocycles. The van der Waals surface area contributed by atoms with Crippen molar-refractivity contribution in [1.29, 1.82) is 0 Å². The molecule has 2 aliphatic rings. The SMILES string of the molecule is CC(C)n1cc(S(=O)(=O)N2CCC[C@@H](S(=O)(=O)N3CCOCC3)C2)cn1. The molecule has 2 fully saturated rings. The Hall–Kier alpha value is -1.01. The first-order valence-corrected chi connectivity index (χ1v) is 11.8. The molecule has 0 N–H and O–H groups in total. The van der Waals surface area contributed by atoms with Crippen molar-refractivity contribution in [2.24, 2.45) is 0 Å². The molecule has 11 heteroatoms. The van der Waals surface area contributed by atoms with Gasteiger partial charge in [0.15, 0.2) is 0 Å². The van der Waals surface area contributed by atoms with Gasteiger partial charge in [0, 0.05) is 38.4 Å². The summed E-state index contributed by atoms with van der Waals surface area (Å²) in [6.07, 6.45) is 3.82. The van der Waals surface area contributed by atoms with Crippen molar-refractivity contribution in [3.63, 3.8) is 0 Å². The molecular weight excluding hydrogens is 380 g/mol. The molecule has 2 aliphatic heterocycles. The lowest BCUT2D eigenvalue weighted by Crippen LogP contribution is -2.51. The third-order valence-electron chi connectivity index (χ3n) is 4.84. The Morgan fingerprint density at radius 1 is 1.12 bits per heavy atom. The summed E-state index contributed by atoms with van der Waals surface area (Å²) in [7, 11) is -7.30. The van der Waals surface area contributed by atoms with Crippen LogP contribution in [0.1, 0.15) is 32.7 Å². The number of morpholine rings is 1. The quantitative estimate of drug-likeness (QED) is 0.696. The van der Waals surface area contributed by atoms with E-state index in [4.69, 9.17) is 4.74 Å². The molecule has 2 saturated heterocycles. The molecule has 3 heterocycles. The van der Waals surface area contributed by atoms with E-state index in [1.807, 2.05) is 13.8 Å². The second kappa shape index (κ2) is 7.55. The number of sulfonamides is 2. The highest BCUT2D eigenvalue weighted by molar-refractivity contribution is 7.90. The summed E-state index contributed by atoms with van der Waals surface area (Å²) >= 11 is 0.